The number of hydrogen-bond acceptors (Lipinski definition) is 5. The summed E-state index contributed by atoms with van der Waals surface area (Å²) in [6.07, 6.45) is 1.47. The van der Waals surface area contributed by atoms with Crippen LogP contribution in [0.2, 0.25) is 0 Å². The van der Waals surface area contributed by atoms with Crippen LogP contribution in [0.3, 0.4) is 0 Å². The van der Waals surface area contributed by atoms with Crippen LogP contribution in [0.1, 0.15) is 9.68 Å². The van der Waals surface area contributed by atoms with Crippen molar-refractivity contribution in [2.24, 2.45) is 0 Å². The molecule has 0 aliphatic rings. The van der Waals surface area contributed by atoms with Crippen molar-refractivity contribution >= 4 is 16.9 Å². The van der Waals surface area contributed by atoms with Crippen LogP contribution in [0.25, 0.3) is 33.4 Å². The van der Waals surface area contributed by atoms with Gasteiger partial charge in [0.25, 0.3) is 0 Å². The smallest absolute Gasteiger partial charge is 0.240 e. The molecule has 2 aromatic carbocycles. The molecule has 0 fully saturated rings. The maximum absolute atomic E-state index is 13.3. The second-order valence-electron chi connectivity index (χ2n) is 5.46. The van der Waals surface area contributed by atoms with E-state index >= 15 is 0 Å². The Hall–Kier alpha value is -3.41. The Kier molecular flexibility index (Phi) is 2.84. The molecule has 2 aromatic heterocycles. The van der Waals surface area contributed by atoms with E-state index in [1.165, 1.54) is 24.4 Å². The molecule has 0 spiro atoms. The highest BCUT2D eigenvalue weighted by Crippen LogP contribution is 2.31. The summed E-state index contributed by atoms with van der Waals surface area (Å²) in [7, 11) is 0. The van der Waals surface area contributed by atoms with E-state index in [0.29, 0.717) is 33.4 Å². The van der Waals surface area contributed by atoms with E-state index in [1.54, 1.807) is 30.3 Å². The van der Waals surface area contributed by atoms with E-state index in [4.69, 9.17) is 9.85 Å². The van der Waals surface area contributed by atoms with Crippen LogP contribution in [0.4, 0.5) is 10.3 Å². The maximum atomic E-state index is 13.3. The van der Waals surface area contributed by atoms with E-state index in [-0.39, 0.29) is 17.3 Å². The van der Waals surface area contributed by atoms with Crippen LogP contribution in [0, 0.1) is 12.7 Å². The van der Waals surface area contributed by atoms with Gasteiger partial charge in [-0.05, 0) is 54.9 Å². The molecule has 0 aliphatic heterocycles. The monoisotopic (exact) mass is 334 g/mol. The molecular formula is C19H14FN5. The Morgan fingerprint density at radius 2 is 1.76 bits per heavy atom. The number of nitrogen functional groups attached to an aromatic ring is 1. The second kappa shape index (κ2) is 5.90. The fraction of sp³-hybridized carbons (Fsp3) is 0.0526. The number of benzene rings is 2. The van der Waals surface area contributed by atoms with Crippen molar-refractivity contribution in [3.63, 3.8) is 0 Å². The molecule has 4 rings (SSSR count). The molecule has 0 atom stereocenters. The summed E-state index contributed by atoms with van der Waals surface area (Å²) in [6.45, 7) is -2.29. The lowest BCUT2D eigenvalue weighted by molar-refractivity contribution is 0.628. The fourth-order valence-electron chi connectivity index (χ4n) is 2.64. The van der Waals surface area contributed by atoms with Crippen molar-refractivity contribution < 1.29 is 8.50 Å². The molecule has 0 saturated heterocycles. The second-order valence-corrected chi connectivity index (χ2v) is 5.46. The van der Waals surface area contributed by atoms with Crippen molar-refractivity contribution in [3.8, 4) is 22.5 Å². The van der Waals surface area contributed by atoms with Gasteiger partial charge in [0, 0.05) is 26.8 Å². The zero-order chi connectivity index (χ0) is 19.9. The van der Waals surface area contributed by atoms with Gasteiger partial charge in [0.05, 0.1) is 5.52 Å². The Balaban J connectivity index is 1.95. The molecule has 0 saturated carbocycles. The van der Waals surface area contributed by atoms with Crippen molar-refractivity contribution in [1.29, 1.82) is 0 Å². The van der Waals surface area contributed by atoms with Crippen LogP contribution in [0.15, 0.2) is 54.7 Å². The normalized spacial score (nSPS) is 13.2. The molecule has 2 N–H and O–H groups in total. The summed E-state index contributed by atoms with van der Waals surface area (Å²) in [5.41, 5.74) is 8.49. The SMILES string of the molecule is [2H]C([2H])([2H])c1ccnc2ccc(-c3nnc(N)nc3-c3ccc(F)cc3)cc12. The van der Waals surface area contributed by atoms with E-state index in [0.717, 1.165) is 0 Å². The minimum atomic E-state index is -2.29. The van der Waals surface area contributed by atoms with Gasteiger partial charge in [-0.15, -0.1) is 10.2 Å². The minimum Gasteiger partial charge on any atom is -0.366 e. The van der Waals surface area contributed by atoms with Crippen molar-refractivity contribution in [1.82, 2.24) is 20.2 Å². The number of anilines is 1. The third kappa shape index (κ3) is 2.78. The Morgan fingerprint density at radius 1 is 0.960 bits per heavy atom. The number of hydrogen-bond donors (Lipinski definition) is 1. The highest BCUT2D eigenvalue weighted by atomic mass is 19.1. The lowest BCUT2D eigenvalue weighted by atomic mass is 10.0. The highest BCUT2D eigenvalue weighted by Gasteiger charge is 2.14. The van der Waals surface area contributed by atoms with E-state index in [9.17, 15) is 4.39 Å². The molecule has 122 valence electrons. The van der Waals surface area contributed by atoms with Crippen LogP contribution in [0.5, 0.6) is 0 Å². The summed E-state index contributed by atoms with van der Waals surface area (Å²) in [5, 5.41) is 8.47. The number of nitrogens with zero attached hydrogens (tertiary/aromatic N) is 4. The largest absolute Gasteiger partial charge is 0.366 e. The number of aromatic nitrogens is 4. The van der Waals surface area contributed by atoms with Gasteiger partial charge in [0.15, 0.2) is 0 Å². The molecule has 0 amide bonds. The first-order valence-corrected chi connectivity index (χ1v) is 7.49. The van der Waals surface area contributed by atoms with E-state index in [1.807, 2.05) is 0 Å². The van der Waals surface area contributed by atoms with Crippen molar-refractivity contribution in [2.75, 3.05) is 5.73 Å². The maximum Gasteiger partial charge on any atom is 0.240 e. The van der Waals surface area contributed by atoms with Gasteiger partial charge in [-0.25, -0.2) is 9.37 Å². The number of pyridine rings is 1. The van der Waals surface area contributed by atoms with Gasteiger partial charge in [-0.3, -0.25) is 4.98 Å². The van der Waals surface area contributed by atoms with Crippen LogP contribution < -0.4 is 5.73 Å². The lowest BCUT2D eigenvalue weighted by Crippen LogP contribution is -2.02. The highest BCUT2D eigenvalue weighted by molar-refractivity contribution is 5.89. The summed E-state index contributed by atoms with van der Waals surface area (Å²) < 4.78 is 36.6. The van der Waals surface area contributed by atoms with E-state index < -0.39 is 6.85 Å². The number of fused-ring (bicyclic) bond motifs is 1. The molecule has 25 heavy (non-hydrogen) atoms. The fourth-order valence-corrected chi connectivity index (χ4v) is 2.64. The summed E-state index contributed by atoms with van der Waals surface area (Å²) >= 11 is 0. The van der Waals surface area contributed by atoms with Crippen molar-refractivity contribution in [2.45, 2.75) is 6.85 Å². The molecule has 0 unspecified atom stereocenters. The average molecular weight is 334 g/mol. The van der Waals surface area contributed by atoms with Gasteiger partial charge in [-0.2, -0.15) is 0 Å². The predicted molar refractivity (Wildman–Crippen MR) is 95.1 cm³/mol. The predicted octanol–water partition coefficient (Wildman–Crippen LogP) is 3.78. The Labute approximate surface area is 147 Å². The third-order valence-corrected chi connectivity index (χ3v) is 3.84. The third-order valence-electron chi connectivity index (χ3n) is 3.84. The van der Waals surface area contributed by atoms with Crippen molar-refractivity contribution in [3.05, 3.63) is 66.1 Å². The molecule has 5 nitrogen and oxygen atoms in total. The first-order valence-electron chi connectivity index (χ1n) is 8.99. The van der Waals surface area contributed by atoms with Gasteiger partial charge in [-0.1, -0.05) is 6.07 Å². The van der Waals surface area contributed by atoms with Crippen LogP contribution in [-0.2, 0) is 0 Å². The van der Waals surface area contributed by atoms with E-state index in [2.05, 4.69) is 20.2 Å². The molecule has 0 aliphatic carbocycles. The van der Waals surface area contributed by atoms with Gasteiger partial charge < -0.3 is 5.73 Å². The average Bonchev–Trinajstić information content (AvgIpc) is 2.67. The Morgan fingerprint density at radius 3 is 2.56 bits per heavy atom. The van der Waals surface area contributed by atoms with Gasteiger partial charge in [0.1, 0.15) is 17.2 Å². The van der Waals surface area contributed by atoms with Crippen LogP contribution in [-0.4, -0.2) is 20.2 Å². The zero-order valence-corrected chi connectivity index (χ0v) is 12.9. The summed E-state index contributed by atoms with van der Waals surface area (Å²) in [6, 6.07) is 12.4. The number of rotatable bonds is 2. The number of halogens is 1. The number of aryl methyl sites for hydroxylation is 1. The zero-order valence-electron chi connectivity index (χ0n) is 15.9. The quantitative estimate of drug-likeness (QED) is 0.603. The lowest BCUT2D eigenvalue weighted by Gasteiger charge is -2.09. The van der Waals surface area contributed by atoms with Gasteiger partial charge in [0.2, 0.25) is 5.95 Å². The molecular weight excluding hydrogens is 317 g/mol. The standard InChI is InChI=1S/C19H14FN5/c1-11-8-9-22-16-7-4-13(10-15(11)16)18-17(23-19(21)25-24-18)12-2-5-14(20)6-3-12/h2-10H,1H3,(H2,21,23,25)/i1D3. The molecule has 4 aromatic rings. The minimum absolute atomic E-state index is 0.0197. The molecule has 2 heterocycles. The number of nitrogens with two attached hydrogens (primary N) is 1. The van der Waals surface area contributed by atoms with Crippen LogP contribution >= 0.6 is 0 Å². The summed E-state index contributed by atoms with van der Waals surface area (Å²) in [4.78, 5) is 8.49. The molecule has 0 bridgehead atoms. The first-order chi connectivity index (χ1) is 13.3. The molecule has 0 radical (unpaired) electrons. The Bertz CT molecular complexity index is 1180. The summed E-state index contributed by atoms with van der Waals surface area (Å²) in [5.74, 6) is -0.395. The first kappa shape index (κ1) is 12.0. The topological polar surface area (TPSA) is 77.6 Å². The molecule has 6 heteroatoms. The van der Waals surface area contributed by atoms with Gasteiger partial charge >= 0.3 is 0 Å².